The van der Waals surface area contributed by atoms with Crippen molar-refractivity contribution in [2.45, 2.75) is 33.3 Å². The SMILES string of the molecule is CCCc1cc(=O)oc2c(C)c(OCc3cccc(OC)c3)ccc12. The second kappa shape index (κ2) is 7.43. The maximum Gasteiger partial charge on any atom is 0.336 e. The minimum atomic E-state index is -0.316. The molecule has 0 aliphatic rings. The average molecular weight is 338 g/mol. The minimum Gasteiger partial charge on any atom is -0.497 e. The fraction of sp³-hybridized carbons (Fsp3) is 0.286. The molecule has 1 heterocycles. The number of benzene rings is 2. The van der Waals surface area contributed by atoms with Gasteiger partial charge < -0.3 is 13.9 Å². The molecule has 1 aromatic heterocycles. The molecule has 0 fully saturated rings. The second-order valence-corrected chi connectivity index (χ2v) is 6.05. The molecule has 0 spiro atoms. The van der Waals surface area contributed by atoms with Gasteiger partial charge in [-0.2, -0.15) is 0 Å². The maximum absolute atomic E-state index is 11.9. The molecule has 0 unspecified atom stereocenters. The summed E-state index contributed by atoms with van der Waals surface area (Å²) in [5, 5.41) is 0.979. The first kappa shape index (κ1) is 17.1. The van der Waals surface area contributed by atoms with Crippen molar-refractivity contribution in [2.24, 2.45) is 0 Å². The number of hydrogen-bond acceptors (Lipinski definition) is 4. The van der Waals surface area contributed by atoms with Gasteiger partial charge in [0.2, 0.25) is 0 Å². The van der Waals surface area contributed by atoms with Gasteiger partial charge in [0.25, 0.3) is 0 Å². The predicted octanol–water partition coefficient (Wildman–Crippen LogP) is 4.64. The van der Waals surface area contributed by atoms with E-state index in [2.05, 4.69) is 6.92 Å². The van der Waals surface area contributed by atoms with E-state index in [4.69, 9.17) is 13.9 Å². The zero-order chi connectivity index (χ0) is 17.8. The van der Waals surface area contributed by atoms with Crippen molar-refractivity contribution in [3.05, 3.63) is 69.6 Å². The van der Waals surface area contributed by atoms with Crippen LogP contribution in [-0.4, -0.2) is 7.11 Å². The van der Waals surface area contributed by atoms with Gasteiger partial charge in [-0.25, -0.2) is 4.79 Å². The Hall–Kier alpha value is -2.75. The van der Waals surface area contributed by atoms with E-state index in [1.54, 1.807) is 13.2 Å². The zero-order valence-electron chi connectivity index (χ0n) is 14.8. The Morgan fingerprint density at radius 2 is 1.96 bits per heavy atom. The number of fused-ring (bicyclic) bond motifs is 1. The first-order valence-corrected chi connectivity index (χ1v) is 8.44. The van der Waals surface area contributed by atoms with Crippen LogP contribution < -0.4 is 15.1 Å². The fourth-order valence-corrected chi connectivity index (χ4v) is 2.96. The van der Waals surface area contributed by atoms with Crippen LogP contribution in [-0.2, 0) is 13.0 Å². The van der Waals surface area contributed by atoms with Crippen LogP contribution in [0, 0.1) is 6.92 Å². The molecule has 3 aromatic rings. The molecule has 2 aromatic carbocycles. The van der Waals surface area contributed by atoms with Crippen LogP contribution in [0.2, 0.25) is 0 Å². The second-order valence-electron chi connectivity index (χ2n) is 6.05. The van der Waals surface area contributed by atoms with E-state index in [1.807, 2.05) is 43.3 Å². The van der Waals surface area contributed by atoms with Crippen molar-refractivity contribution in [3.8, 4) is 11.5 Å². The van der Waals surface area contributed by atoms with Crippen LogP contribution in [0.5, 0.6) is 11.5 Å². The third kappa shape index (κ3) is 3.68. The van der Waals surface area contributed by atoms with Crippen LogP contribution in [0.1, 0.15) is 30.0 Å². The predicted molar refractivity (Wildman–Crippen MR) is 98.5 cm³/mol. The summed E-state index contributed by atoms with van der Waals surface area (Å²) in [5.41, 5.74) is 3.18. The van der Waals surface area contributed by atoms with Gasteiger partial charge in [-0.3, -0.25) is 0 Å². The highest BCUT2D eigenvalue weighted by atomic mass is 16.5. The number of hydrogen-bond donors (Lipinski definition) is 0. The Labute approximate surface area is 147 Å². The zero-order valence-corrected chi connectivity index (χ0v) is 14.8. The first-order valence-electron chi connectivity index (χ1n) is 8.44. The van der Waals surface area contributed by atoms with Gasteiger partial charge in [0, 0.05) is 17.0 Å². The van der Waals surface area contributed by atoms with E-state index < -0.39 is 0 Å². The van der Waals surface area contributed by atoms with Crippen molar-refractivity contribution in [2.75, 3.05) is 7.11 Å². The summed E-state index contributed by atoms with van der Waals surface area (Å²) in [6, 6.07) is 13.2. The van der Waals surface area contributed by atoms with E-state index in [0.717, 1.165) is 40.7 Å². The third-order valence-electron chi connectivity index (χ3n) is 4.24. The van der Waals surface area contributed by atoms with Crippen LogP contribution in [0.4, 0.5) is 0 Å². The summed E-state index contributed by atoms with van der Waals surface area (Å²) in [6.07, 6.45) is 1.83. The van der Waals surface area contributed by atoms with Gasteiger partial charge in [0.05, 0.1) is 7.11 Å². The molecule has 0 aliphatic heterocycles. The highest BCUT2D eigenvalue weighted by Crippen LogP contribution is 2.29. The van der Waals surface area contributed by atoms with Gasteiger partial charge in [-0.1, -0.05) is 25.5 Å². The summed E-state index contributed by atoms with van der Waals surface area (Å²) in [6.45, 7) is 4.43. The number of aryl methyl sites for hydroxylation is 2. The summed E-state index contributed by atoms with van der Waals surface area (Å²) < 4.78 is 16.6. The lowest BCUT2D eigenvalue weighted by Gasteiger charge is -2.12. The van der Waals surface area contributed by atoms with Gasteiger partial charge in [-0.15, -0.1) is 0 Å². The van der Waals surface area contributed by atoms with Crippen molar-refractivity contribution in [3.63, 3.8) is 0 Å². The molecule has 4 heteroatoms. The van der Waals surface area contributed by atoms with E-state index in [-0.39, 0.29) is 5.63 Å². The molecule has 0 amide bonds. The molecule has 3 rings (SSSR count). The van der Waals surface area contributed by atoms with Gasteiger partial charge >= 0.3 is 5.63 Å². The Morgan fingerprint density at radius 1 is 1.12 bits per heavy atom. The van der Waals surface area contributed by atoms with E-state index in [0.29, 0.717) is 17.9 Å². The average Bonchev–Trinajstić information content (AvgIpc) is 2.62. The van der Waals surface area contributed by atoms with E-state index in [9.17, 15) is 4.79 Å². The van der Waals surface area contributed by atoms with Crippen LogP contribution >= 0.6 is 0 Å². The summed E-state index contributed by atoms with van der Waals surface area (Å²) in [4.78, 5) is 11.9. The summed E-state index contributed by atoms with van der Waals surface area (Å²) >= 11 is 0. The lowest BCUT2D eigenvalue weighted by molar-refractivity contribution is 0.303. The number of ether oxygens (including phenoxy) is 2. The molecule has 0 N–H and O–H groups in total. The van der Waals surface area contributed by atoms with Crippen molar-refractivity contribution in [1.29, 1.82) is 0 Å². The van der Waals surface area contributed by atoms with Crippen molar-refractivity contribution >= 4 is 11.0 Å². The first-order chi connectivity index (χ1) is 12.1. The molecule has 0 radical (unpaired) electrons. The highest BCUT2D eigenvalue weighted by molar-refractivity contribution is 5.84. The van der Waals surface area contributed by atoms with Crippen LogP contribution in [0.3, 0.4) is 0 Å². The number of rotatable bonds is 6. The van der Waals surface area contributed by atoms with Crippen LogP contribution in [0.25, 0.3) is 11.0 Å². The lowest BCUT2D eigenvalue weighted by Crippen LogP contribution is -2.03. The fourth-order valence-electron chi connectivity index (χ4n) is 2.96. The quantitative estimate of drug-likeness (QED) is 0.614. The molecule has 25 heavy (non-hydrogen) atoms. The highest BCUT2D eigenvalue weighted by Gasteiger charge is 2.12. The monoisotopic (exact) mass is 338 g/mol. The maximum atomic E-state index is 11.9. The van der Waals surface area contributed by atoms with E-state index in [1.165, 1.54) is 0 Å². The van der Waals surface area contributed by atoms with Gasteiger partial charge in [0.15, 0.2) is 0 Å². The summed E-state index contributed by atoms with van der Waals surface area (Å²) in [7, 11) is 1.64. The van der Waals surface area contributed by atoms with Crippen molar-refractivity contribution < 1.29 is 13.9 Å². The van der Waals surface area contributed by atoms with Crippen LogP contribution in [0.15, 0.2) is 51.7 Å². The molecule has 0 atom stereocenters. The molecule has 0 aliphatic carbocycles. The molecule has 0 bridgehead atoms. The Kier molecular flexibility index (Phi) is 5.08. The molecule has 0 saturated heterocycles. The third-order valence-corrected chi connectivity index (χ3v) is 4.24. The largest absolute Gasteiger partial charge is 0.497 e. The molecular formula is C21H22O4. The Morgan fingerprint density at radius 3 is 2.72 bits per heavy atom. The van der Waals surface area contributed by atoms with Gasteiger partial charge in [-0.05, 0) is 48.7 Å². The van der Waals surface area contributed by atoms with Crippen molar-refractivity contribution in [1.82, 2.24) is 0 Å². The molecule has 0 saturated carbocycles. The standard InChI is InChI=1S/C21H22O4/c1-4-6-16-12-20(22)25-21-14(2)19(10-9-18(16)21)24-13-15-7-5-8-17(11-15)23-3/h5,7-12H,4,6,13H2,1-3H3. The molecule has 4 nitrogen and oxygen atoms in total. The summed E-state index contributed by atoms with van der Waals surface area (Å²) in [5.74, 6) is 1.51. The van der Waals surface area contributed by atoms with E-state index >= 15 is 0 Å². The molecular weight excluding hydrogens is 316 g/mol. The Balaban J connectivity index is 1.92. The minimum absolute atomic E-state index is 0.316. The molecule has 130 valence electrons. The van der Waals surface area contributed by atoms with Gasteiger partial charge in [0.1, 0.15) is 23.7 Å². The normalized spacial score (nSPS) is 10.8. The smallest absolute Gasteiger partial charge is 0.336 e. The number of methoxy groups -OCH3 is 1. The Bertz CT molecular complexity index is 940. The topological polar surface area (TPSA) is 48.7 Å². The lowest BCUT2D eigenvalue weighted by atomic mass is 10.0.